The summed E-state index contributed by atoms with van der Waals surface area (Å²) in [7, 11) is 0. The van der Waals surface area contributed by atoms with Crippen molar-refractivity contribution in [3.8, 4) is 0 Å². The minimum Gasteiger partial charge on any atom is -0.301 e. The van der Waals surface area contributed by atoms with Crippen molar-refractivity contribution in [3.05, 3.63) is 35.4 Å². The first kappa shape index (κ1) is 10.8. The molecule has 15 heavy (non-hydrogen) atoms. The molecule has 0 bridgehead atoms. The first-order valence-corrected chi connectivity index (χ1v) is 5.64. The van der Waals surface area contributed by atoms with Gasteiger partial charge in [0.05, 0.1) is 10.9 Å². The van der Waals surface area contributed by atoms with Crippen LogP contribution in [0.2, 0.25) is 0 Å². The smallest absolute Gasteiger partial charge is 0.301 e. The predicted octanol–water partition coefficient (Wildman–Crippen LogP) is 3.04. The van der Waals surface area contributed by atoms with E-state index in [-0.39, 0.29) is 5.37 Å². The van der Waals surface area contributed by atoms with E-state index in [1.54, 1.807) is 17.8 Å². The quantitative estimate of drug-likeness (QED) is 0.800. The molecule has 0 saturated carbocycles. The fourth-order valence-electron chi connectivity index (χ4n) is 1.52. The second-order valence-corrected chi connectivity index (χ2v) is 4.54. The molecule has 1 atom stereocenters. The van der Waals surface area contributed by atoms with Gasteiger partial charge in [-0.25, -0.2) is 0 Å². The van der Waals surface area contributed by atoms with Crippen LogP contribution in [0, 0.1) is 0 Å². The normalized spacial score (nSPS) is 21.9. The molecule has 1 aromatic carbocycles. The number of halogens is 3. The molecule has 2 rings (SSSR count). The average Bonchev–Trinajstić information content (AvgIpc) is 2.69. The molecule has 1 nitrogen and oxygen atoms in total. The van der Waals surface area contributed by atoms with Gasteiger partial charge >= 0.3 is 6.18 Å². The van der Waals surface area contributed by atoms with Gasteiger partial charge in [-0.1, -0.05) is 12.1 Å². The van der Waals surface area contributed by atoms with E-state index in [0.29, 0.717) is 5.56 Å². The van der Waals surface area contributed by atoms with E-state index in [0.717, 1.165) is 18.4 Å². The Balaban J connectivity index is 2.26. The van der Waals surface area contributed by atoms with Gasteiger partial charge in [-0.05, 0) is 17.7 Å². The van der Waals surface area contributed by atoms with Crippen LogP contribution in [0.5, 0.6) is 0 Å². The summed E-state index contributed by atoms with van der Waals surface area (Å²) in [4.78, 5) is 0. The summed E-state index contributed by atoms with van der Waals surface area (Å²) >= 11 is 1.64. The van der Waals surface area contributed by atoms with E-state index in [1.807, 2.05) is 0 Å². The molecule has 1 aromatic rings. The zero-order valence-electron chi connectivity index (χ0n) is 7.84. The summed E-state index contributed by atoms with van der Waals surface area (Å²) < 4.78 is 37.3. The molecule has 0 amide bonds. The number of hydrogen-bond donors (Lipinski definition) is 1. The molecule has 1 N–H and O–H groups in total. The Kier molecular flexibility index (Phi) is 2.93. The van der Waals surface area contributed by atoms with Crippen molar-refractivity contribution >= 4 is 11.8 Å². The van der Waals surface area contributed by atoms with Crippen LogP contribution < -0.4 is 5.32 Å². The Hall–Kier alpha value is -0.680. The highest BCUT2D eigenvalue weighted by molar-refractivity contribution is 7.99. The second-order valence-electron chi connectivity index (χ2n) is 3.33. The molecule has 0 unspecified atom stereocenters. The van der Waals surface area contributed by atoms with Crippen molar-refractivity contribution < 1.29 is 13.2 Å². The maximum absolute atomic E-state index is 12.4. The minimum atomic E-state index is -4.25. The lowest BCUT2D eigenvalue weighted by molar-refractivity contribution is -0.137. The lowest BCUT2D eigenvalue weighted by Crippen LogP contribution is -2.13. The Bertz CT molecular complexity index is 345. The standard InChI is InChI=1S/C10H10F3NS/c11-10(12,13)8-3-1-2-7(6-8)9-14-4-5-15-9/h1-3,6,9,14H,4-5H2/t9-/m0/s1. The monoisotopic (exact) mass is 233 g/mol. The average molecular weight is 233 g/mol. The number of thioether (sulfide) groups is 1. The number of nitrogens with one attached hydrogen (secondary N) is 1. The highest BCUT2D eigenvalue weighted by Gasteiger charge is 2.31. The third-order valence-corrected chi connectivity index (χ3v) is 3.45. The third-order valence-electron chi connectivity index (χ3n) is 2.23. The molecule has 0 radical (unpaired) electrons. The highest BCUT2D eigenvalue weighted by Crippen LogP contribution is 2.34. The first-order chi connectivity index (χ1) is 7.07. The van der Waals surface area contributed by atoms with Gasteiger partial charge in [0.2, 0.25) is 0 Å². The van der Waals surface area contributed by atoms with Crippen LogP contribution >= 0.6 is 11.8 Å². The SMILES string of the molecule is FC(F)(F)c1cccc([C@H]2NCCS2)c1. The Morgan fingerprint density at radius 2 is 2.13 bits per heavy atom. The molecule has 1 saturated heterocycles. The molecule has 1 heterocycles. The van der Waals surface area contributed by atoms with Gasteiger partial charge in [0.25, 0.3) is 0 Å². The molecular weight excluding hydrogens is 223 g/mol. The Labute approximate surface area is 90.1 Å². The number of benzene rings is 1. The maximum atomic E-state index is 12.4. The number of alkyl halides is 3. The topological polar surface area (TPSA) is 12.0 Å². The van der Waals surface area contributed by atoms with Crippen LogP contribution in [0.1, 0.15) is 16.5 Å². The van der Waals surface area contributed by atoms with Crippen molar-refractivity contribution in [1.82, 2.24) is 5.32 Å². The van der Waals surface area contributed by atoms with Gasteiger partial charge < -0.3 is 5.32 Å². The number of rotatable bonds is 1. The van der Waals surface area contributed by atoms with Crippen LogP contribution in [0.25, 0.3) is 0 Å². The van der Waals surface area contributed by atoms with E-state index >= 15 is 0 Å². The zero-order valence-corrected chi connectivity index (χ0v) is 8.66. The van der Waals surface area contributed by atoms with Crippen molar-refractivity contribution in [2.75, 3.05) is 12.3 Å². The van der Waals surface area contributed by atoms with E-state index in [1.165, 1.54) is 12.1 Å². The van der Waals surface area contributed by atoms with Crippen molar-refractivity contribution in [2.24, 2.45) is 0 Å². The lowest BCUT2D eigenvalue weighted by Gasteiger charge is -2.12. The molecule has 1 aliphatic rings. The molecule has 0 aromatic heterocycles. The molecular formula is C10H10F3NS. The second kappa shape index (κ2) is 4.06. The maximum Gasteiger partial charge on any atom is 0.416 e. The van der Waals surface area contributed by atoms with Crippen LogP contribution in [0.15, 0.2) is 24.3 Å². The van der Waals surface area contributed by atoms with E-state index in [4.69, 9.17) is 0 Å². The van der Waals surface area contributed by atoms with Gasteiger partial charge in [0.1, 0.15) is 0 Å². The summed E-state index contributed by atoms with van der Waals surface area (Å²) in [6, 6.07) is 5.50. The first-order valence-electron chi connectivity index (χ1n) is 4.59. The molecule has 0 spiro atoms. The van der Waals surface area contributed by atoms with Crippen molar-refractivity contribution in [1.29, 1.82) is 0 Å². The lowest BCUT2D eigenvalue weighted by atomic mass is 10.1. The highest BCUT2D eigenvalue weighted by atomic mass is 32.2. The predicted molar refractivity (Wildman–Crippen MR) is 54.6 cm³/mol. The Morgan fingerprint density at radius 3 is 2.73 bits per heavy atom. The van der Waals surface area contributed by atoms with E-state index in [2.05, 4.69) is 5.32 Å². The summed E-state index contributed by atoms with van der Waals surface area (Å²) in [5.74, 6) is 0.945. The molecule has 82 valence electrons. The summed E-state index contributed by atoms with van der Waals surface area (Å²) in [5.41, 5.74) is 0.127. The van der Waals surface area contributed by atoms with E-state index < -0.39 is 11.7 Å². The van der Waals surface area contributed by atoms with Gasteiger partial charge in [0, 0.05) is 12.3 Å². The largest absolute Gasteiger partial charge is 0.416 e. The number of hydrogen-bond acceptors (Lipinski definition) is 2. The molecule has 5 heteroatoms. The third kappa shape index (κ3) is 2.46. The zero-order chi connectivity index (χ0) is 10.9. The van der Waals surface area contributed by atoms with Gasteiger partial charge in [-0.2, -0.15) is 13.2 Å². The summed E-state index contributed by atoms with van der Waals surface area (Å²) in [6.45, 7) is 0.853. The van der Waals surface area contributed by atoms with E-state index in [9.17, 15) is 13.2 Å². The Morgan fingerprint density at radius 1 is 1.33 bits per heavy atom. The van der Waals surface area contributed by atoms with Crippen LogP contribution in [-0.4, -0.2) is 12.3 Å². The fraction of sp³-hybridized carbons (Fsp3) is 0.400. The van der Waals surface area contributed by atoms with Crippen molar-refractivity contribution in [3.63, 3.8) is 0 Å². The van der Waals surface area contributed by atoms with Crippen molar-refractivity contribution in [2.45, 2.75) is 11.6 Å². The van der Waals surface area contributed by atoms with Crippen LogP contribution in [0.3, 0.4) is 0 Å². The van der Waals surface area contributed by atoms with Gasteiger partial charge in [-0.3, -0.25) is 0 Å². The van der Waals surface area contributed by atoms with Crippen LogP contribution in [0.4, 0.5) is 13.2 Å². The summed E-state index contributed by atoms with van der Waals surface area (Å²) in [5, 5.41) is 3.15. The van der Waals surface area contributed by atoms with Crippen LogP contribution in [-0.2, 0) is 6.18 Å². The molecule has 0 aliphatic carbocycles. The van der Waals surface area contributed by atoms with Gasteiger partial charge in [-0.15, -0.1) is 11.8 Å². The molecule has 1 aliphatic heterocycles. The van der Waals surface area contributed by atoms with Gasteiger partial charge in [0.15, 0.2) is 0 Å². The minimum absolute atomic E-state index is 0.00676. The molecule has 1 fully saturated rings. The fourth-order valence-corrected chi connectivity index (χ4v) is 2.56. The summed E-state index contributed by atoms with van der Waals surface area (Å²) in [6.07, 6.45) is -4.25.